The molecular formula is C21H18N4O. The number of amides is 2. The molecule has 1 aliphatic heterocycles. The van der Waals surface area contributed by atoms with Crippen LogP contribution in [0.5, 0.6) is 0 Å². The molecule has 5 heteroatoms. The van der Waals surface area contributed by atoms with Crippen LogP contribution in [0.4, 0.5) is 16.2 Å². The first-order valence-corrected chi connectivity index (χ1v) is 8.71. The van der Waals surface area contributed by atoms with Crippen molar-refractivity contribution in [3.8, 4) is 0 Å². The number of benzene rings is 2. The van der Waals surface area contributed by atoms with E-state index in [1.54, 1.807) is 6.20 Å². The summed E-state index contributed by atoms with van der Waals surface area (Å²) in [7, 11) is 2.04. The summed E-state index contributed by atoms with van der Waals surface area (Å²) in [6.07, 6.45) is 4.70. The molecule has 2 amide bonds. The van der Waals surface area contributed by atoms with Gasteiger partial charge in [-0.05, 0) is 54.4 Å². The van der Waals surface area contributed by atoms with Gasteiger partial charge in [0.25, 0.3) is 0 Å². The van der Waals surface area contributed by atoms with Crippen LogP contribution in [0.3, 0.4) is 0 Å². The summed E-state index contributed by atoms with van der Waals surface area (Å²) in [6, 6.07) is 15.8. The molecule has 0 saturated heterocycles. The minimum Gasteiger partial charge on any atom is -0.351 e. The predicted molar refractivity (Wildman–Crippen MR) is 105 cm³/mol. The molecule has 0 fully saturated rings. The molecule has 1 aliphatic rings. The number of hydrogen-bond donors (Lipinski definition) is 1. The second-order valence-electron chi connectivity index (χ2n) is 6.63. The van der Waals surface area contributed by atoms with Gasteiger partial charge in [-0.15, -0.1) is 0 Å². The smallest absolute Gasteiger partial charge is 0.326 e. The van der Waals surface area contributed by atoms with Gasteiger partial charge >= 0.3 is 6.03 Å². The van der Waals surface area contributed by atoms with Gasteiger partial charge in [-0.3, -0.25) is 9.88 Å². The van der Waals surface area contributed by atoms with Crippen LogP contribution >= 0.6 is 0 Å². The normalized spacial score (nSPS) is 13.3. The third-order valence-corrected chi connectivity index (χ3v) is 5.16. The van der Waals surface area contributed by atoms with Crippen LogP contribution in [0.25, 0.3) is 21.8 Å². The molecule has 0 bridgehead atoms. The van der Waals surface area contributed by atoms with Crippen LogP contribution in [-0.4, -0.2) is 22.1 Å². The maximum absolute atomic E-state index is 13.0. The number of rotatable bonds is 1. The Bertz CT molecular complexity index is 1160. The number of carbonyl (C=O) groups is 1. The highest BCUT2D eigenvalue weighted by molar-refractivity contribution is 6.09. The van der Waals surface area contributed by atoms with Gasteiger partial charge in [0.2, 0.25) is 0 Å². The number of carbonyl (C=O) groups excluding carboxylic acids is 1. The van der Waals surface area contributed by atoms with Gasteiger partial charge in [0, 0.05) is 48.0 Å². The van der Waals surface area contributed by atoms with Crippen molar-refractivity contribution >= 4 is 39.2 Å². The van der Waals surface area contributed by atoms with E-state index < -0.39 is 0 Å². The summed E-state index contributed by atoms with van der Waals surface area (Å²) in [4.78, 5) is 19.1. The Morgan fingerprint density at radius 3 is 2.92 bits per heavy atom. The van der Waals surface area contributed by atoms with Crippen molar-refractivity contribution < 1.29 is 4.79 Å². The monoisotopic (exact) mass is 342 g/mol. The molecule has 128 valence electrons. The lowest BCUT2D eigenvalue weighted by Crippen LogP contribution is -2.33. The molecule has 0 unspecified atom stereocenters. The summed E-state index contributed by atoms with van der Waals surface area (Å²) >= 11 is 0. The zero-order valence-electron chi connectivity index (χ0n) is 14.4. The molecule has 26 heavy (non-hydrogen) atoms. The Morgan fingerprint density at radius 1 is 1.08 bits per heavy atom. The van der Waals surface area contributed by atoms with Crippen molar-refractivity contribution in [1.82, 2.24) is 9.55 Å². The lowest BCUT2D eigenvalue weighted by atomic mass is 10.1. The van der Waals surface area contributed by atoms with Crippen molar-refractivity contribution in [2.24, 2.45) is 7.05 Å². The van der Waals surface area contributed by atoms with Crippen LogP contribution in [0.2, 0.25) is 0 Å². The van der Waals surface area contributed by atoms with E-state index in [4.69, 9.17) is 0 Å². The van der Waals surface area contributed by atoms with Crippen molar-refractivity contribution in [1.29, 1.82) is 0 Å². The van der Waals surface area contributed by atoms with E-state index in [-0.39, 0.29) is 6.03 Å². The summed E-state index contributed by atoms with van der Waals surface area (Å²) in [5.74, 6) is 0. The molecule has 2 aromatic carbocycles. The first-order valence-electron chi connectivity index (χ1n) is 8.71. The van der Waals surface area contributed by atoms with E-state index in [0.29, 0.717) is 6.54 Å². The van der Waals surface area contributed by atoms with Gasteiger partial charge in [-0.2, -0.15) is 0 Å². The number of hydrogen-bond acceptors (Lipinski definition) is 2. The third kappa shape index (κ3) is 2.17. The van der Waals surface area contributed by atoms with E-state index in [1.807, 2.05) is 42.3 Å². The quantitative estimate of drug-likeness (QED) is 0.560. The number of aryl methyl sites for hydroxylation is 1. The molecule has 0 radical (unpaired) electrons. The van der Waals surface area contributed by atoms with Gasteiger partial charge < -0.3 is 9.88 Å². The first-order chi connectivity index (χ1) is 12.7. The molecule has 2 aromatic heterocycles. The van der Waals surface area contributed by atoms with Gasteiger partial charge in [0.1, 0.15) is 0 Å². The Balaban J connectivity index is 1.50. The third-order valence-electron chi connectivity index (χ3n) is 5.16. The Hall–Kier alpha value is -3.34. The molecule has 0 aliphatic carbocycles. The summed E-state index contributed by atoms with van der Waals surface area (Å²) in [6.45, 7) is 0.693. The van der Waals surface area contributed by atoms with Gasteiger partial charge in [-0.1, -0.05) is 6.07 Å². The minimum absolute atomic E-state index is 0.101. The topological polar surface area (TPSA) is 50.2 Å². The lowest BCUT2D eigenvalue weighted by Gasteiger charge is -2.19. The van der Waals surface area contributed by atoms with Crippen molar-refractivity contribution in [3.63, 3.8) is 0 Å². The minimum atomic E-state index is -0.101. The molecule has 4 aromatic rings. The van der Waals surface area contributed by atoms with Crippen LogP contribution in [0.1, 0.15) is 5.56 Å². The van der Waals surface area contributed by atoms with E-state index >= 15 is 0 Å². The highest BCUT2D eigenvalue weighted by Crippen LogP contribution is 2.35. The first kappa shape index (κ1) is 15.0. The van der Waals surface area contributed by atoms with E-state index in [9.17, 15) is 4.79 Å². The highest BCUT2D eigenvalue weighted by atomic mass is 16.2. The van der Waals surface area contributed by atoms with Gasteiger partial charge in [-0.25, -0.2) is 4.79 Å². The molecule has 0 spiro atoms. The molecule has 0 saturated carbocycles. The van der Waals surface area contributed by atoms with Gasteiger partial charge in [0.05, 0.1) is 11.2 Å². The van der Waals surface area contributed by atoms with Crippen molar-refractivity contribution in [2.45, 2.75) is 6.42 Å². The Labute approximate surface area is 150 Å². The van der Waals surface area contributed by atoms with E-state index in [1.165, 1.54) is 16.5 Å². The van der Waals surface area contributed by atoms with Crippen LogP contribution < -0.4 is 10.2 Å². The molecule has 3 heterocycles. The van der Waals surface area contributed by atoms with Crippen LogP contribution in [-0.2, 0) is 13.5 Å². The Morgan fingerprint density at radius 2 is 2.00 bits per heavy atom. The maximum atomic E-state index is 13.0. The second kappa shape index (κ2) is 5.59. The average Bonchev–Trinajstić information content (AvgIpc) is 3.26. The second-order valence-corrected chi connectivity index (χ2v) is 6.63. The lowest BCUT2D eigenvalue weighted by molar-refractivity contribution is 0.257. The molecule has 5 rings (SSSR count). The summed E-state index contributed by atoms with van der Waals surface area (Å²) in [5, 5.41) is 5.24. The SMILES string of the molecule is Cn1ccc2c3c(ccc21)N(C(=O)Nc1cccc2ncccc12)CC3. The van der Waals surface area contributed by atoms with Crippen LogP contribution in [0, 0.1) is 0 Å². The molecule has 0 atom stereocenters. The zero-order chi connectivity index (χ0) is 17.7. The fourth-order valence-corrected chi connectivity index (χ4v) is 3.87. The molecule has 5 nitrogen and oxygen atoms in total. The number of nitrogens with one attached hydrogen (secondary N) is 1. The summed E-state index contributed by atoms with van der Waals surface area (Å²) in [5.41, 5.74) is 5.11. The number of nitrogens with zero attached hydrogens (tertiary/aromatic N) is 3. The van der Waals surface area contributed by atoms with Crippen molar-refractivity contribution in [2.75, 3.05) is 16.8 Å². The Kier molecular flexibility index (Phi) is 3.22. The summed E-state index contributed by atoms with van der Waals surface area (Å²) < 4.78 is 2.11. The fraction of sp³-hybridized carbons (Fsp3) is 0.143. The highest BCUT2D eigenvalue weighted by Gasteiger charge is 2.27. The maximum Gasteiger partial charge on any atom is 0.326 e. The van der Waals surface area contributed by atoms with Crippen LogP contribution in [0.15, 0.2) is 60.9 Å². The predicted octanol–water partition coefficient (Wildman–Crippen LogP) is 4.32. The number of urea groups is 1. The average molecular weight is 342 g/mol. The number of pyridine rings is 1. The number of aromatic nitrogens is 2. The largest absolute Gasteiger partial charge is 0.351 e. The number of fused-ring (bicyclic) bond motifs is 4. The molecule has 1 N–H and O–H groups in total. The molecular weight excluding hydrogens is 324 g/mol. The van der Waals surface area contributed by atoms with E-state index in [0.717, 1.165) is 28.7 Å². The van der Waals surface area contributed by atoms with E-state index in [2.05, 4.69) is 39.3 Å². The fourth-order valence-electron chi connectivity index (χ4n) is 3.87. The zero-order valence-corrected chi connectivity index (χ0v) is 14.4. The van der Waals surface area contributed by atoms with Crippen molar-refractivity contribution in [3.05, 3.63) is 66.5 Å². The van der Waals surface area contributed by atoms with Gasteiger partial charge in [0.15, 0.2) is 0 Å². The number of anilines is 2. The standard InChI is InChI=1S/C21H18N4O/c1-24-12-9-14-15-10-13-25(20(15)8-7-19(14)24)21(26)23-18-6-2-5-17-16(18)4-3-11-22-17/h2-9,11-12H,10,13H2,1H3,(H,23,26).